The van der Waals surface area contributed by atoms with Crippen LogP contribution in [0.3, 0.4) is 0 Å². The van der Waals surface area contributed by atoms with Crippen molar-refractivity contribution in [3.8, 4) is 0 Å². The predicted molar refractivity (Wildman–Crippen MR) is 91.5 cm³/mol. The lowest BCUT2D eigenvalue weighted by atomic mass is 10.1. The summed E-state index contributed by atoms with van der Waals surface area (Å²) in [5.41, 5.74) is 2.55. The van der Waals surface area contributed by atoms with Gasteiger partial charge in [-0.2, -0.15) is 0 Å². The third-order valence-electron chi connectivity index (χ3n) is 4.02. The number of piperazine rings is 1. The molecule has 1 saturated heterocycles. The van der Waals surface area contributed by atoms with Crippen LogP contribution in [0, 0.1) is 6.92 Å². The normalized spacial score (nSPS) is 15.3. The van der Waals surface area contributed by atoms with Gasteiger partial charge in [0.1, 0.15) is 0 Å². The number of amides is 2. The predicted octanol–water partition coefficient (Wildman–Crippen LogP) is 0.369. The number of carbonyl (C=O) groups is 2. The lowest BCUT2D eigenvalue weighted by molar-refractivity contribution is -0.126. The molecule has 1 aromatic rings. The van der Waals surface area contributed by atoms with Crippen LogP contribution in [0.15, 0.2) is 24.3 Å². The maximum atomic E-state index is 11.9. The van der Waals surface area contributed by atoms with Crippen LogP contribution in [0.5, 0.6) is 0 Å². The fourth-order valence-corrected chi connectivity index (χ4v) is 2.76. The molecule has 1 aliphatic rings. The van der Waals surface area contributed by atoms with E-state index in [0.29, 0.717) is 13.1 Å². The van der Waals surface area contributed by atoms with Gasteiger partial charge in [-0.05, 0) is 25.5 Å². The van der Waals surface area contributed by atoms with E-state index in [1.807, 2.05) is 13.0 Å². The average Bonchev–Trinajstić information content (AvgIpc) is 2.55. The average molecular weight is 318 g/mol. The summed E-state index contributed by atoms with van der Waals surface area (Å²) in [6.45, 7) is 8.48. The monoisotopic (exact) mass is 318 g/mol. The molecule has 0 bridgehead atoms. The van der Waals surface area contributed by atoms with Crippen molar-refractivity contribution in [2.75, 3.05) is 50.7 Å². The zero-order valence-corrected chi connectivity index (χ0v) is 14.0. The Balaban J connectivity index is 1.73. The van der Waals surface area contributed by atoms with E-state index >= 15 is 0 Å². The molecule has 1 heterocycles. The van der Waals surface area contributed by atoms with E-state index in [2.05, 4.69) is 45.6 Å². The number of nitrogens with one attached hydrogen (secondary N) is 2. The van der Waals surface area contributed by atoms with Gasteiger partial charge < -0.3 is 15.5 Å². The second-order valence-electron chi connectivity index (χ2n) is 5.78. The quantitative estimate of drug-likeness (QED) is 0.795. The van der Waals surface area contributed by atoms with Crippen LogP contribution >= 0.6 is 0 Å². The van der Waals surface area contributed by atoms with Gasteiger partial charge in [0.15, 0.2) is 0 Å². The number of aryl methyl sites for hydroxylation is 1. The first-order valence-corrected chi connectivity index (χ1v) is 8.16. The second-order valence-corrected chi connectivity index (χ2v) is 5.78. The third-order valence-corrected chi connectivity index (χ3v) is 4.02. The van der Waals surface area contributed by atoms with E-state index in [-0.39, 0.29) is 18.4 Å². The first-order chi connectivity index (χ1) is 11.1. The number of anilines is 1. The molecule has 0 radical (unpaired) electrons. The Morgan fingerprint density at radius 3 is 2.39 bits per heavy atom. The number of likely N-dealkylation sites (N-methyl/N-ethyl adjacent to an activating group) is 1. The molecule has 0 aliphatic carbocycles. The van der Waals surface area contributed by atoms with Gasteiger partial charge in [0, 0.05) is 38.4 Å². The van der Waals surface area contributed by atoms with E-state index < -0.39 is 0 Å². The molecule has 2 amide bonds. The van der Waals surface area contributed by atoms with Crippen LogP contribution in [0.1, 0.15) is 12.5 Å². The highest BCUT2D eigenvalue weighted by Crippen LogP contribution is 2.20. The Kier molecular flexibility index (Phi) is 6.40. The summed E-state index contributed by atoms with van der Waals surface area (Å²) in [5, 5.41) is 5.32. The molecule has 0 atom stereocenters. The third kappa shape index (κ3) is 5.25. The van der Waals surface area contributed by atoms with E-state index in [4.69, 9.17) is 0 Å². The lowest BCUT2D eigenvalue weighted by Gasteiger charge is -2.36. The minimum absolute atomic E-state index is 0.0514. The van der Waals surface area contributed by atoms with Gasteiger partial charge in [-0.3, -0.25) is 14.5 Å². The van der Waals surface area contributed by atoms with Crippen molar-refractivity contribution in [1.29, 1.82) is 0 Å². The van der Waals surface area contributed by atoms with Gasteiger partial charge in [0.25, 0.3) is 0 Å². The molecule has 6 heteroatoms. The molecule has 2 rings (SSSR count). The van der Waals surface area contributed by atoms with Crippen molar-refractivity contribution in [3.05, 3.63) is 29.8 Å². The van der Waals surface area contributed by atoms with Crippen LogP contribution in [-0.4, -0.2) is 62.5 Å². The zero-order valence-electron chi connectivity index (χ0n) is 14.0. The van der Waals surface area contributed by atoms with Crippen molar-refractivity contribution < 1.29 is 9.59 Å². The van der Waals surface area contributed by atoms with Crippen LogP contribution in [0.4, 0.5) is 5.69 Å². The molecular weight excluding hydrogens is 292 g/mol. The van der Waals surface area contributed by atoms with Crippen molar-refractivity contribution in [3.63, 3.8) is 0 Å². The summed E-state index contributed by atoms with van der Waals surface area (Å²) in [6, 6.07) is 8.37. The minimum atomic E-state index is -0.148. The Hall–Kier alpha value is -2.08. The number of nitrogens with zero attached hydrogens (tertiary/aromatic N) is 2. The van der Waals surface area contributed by atoms with Gasteiger partial charge in [-0.25, -0.2) is 0 Å². The van der Waals surface area contributed by atoms with Crippen molar-refractivity contribution in [1.82, 2.24) is 15.5 Å². The fourth-order valence-electron chi connectivity index (χ4n) is 2.76. The number of para-hydroxylation sites is 1. The first-order valence-electron chi connectivity index (χ1n) is 8.16. The Morgan fingerprint density at radius 1 is 1.04 bits per heavy atom. The smallest absolute Gasteiger partial charge is 0.239 e. The van der Waals surface area contributed by atoms with Crippen molar-refractivity contribution in [2.24, 2.45) is 0 Å². The van der Waals surface area contributed by atoms with Crippen LogP contribution in [0.25, 0.3) is 0 Å². The summed E-state index contributed by atoms with van der Waals surface area (Å²) < 4.78 is 0. The molecule has 0 spiro atoms. The molecule has 2 N–H and O–H groups in total. The molecule has 0 saturated carbocycles. The van der Waals surface area contributed by atoms with Crippen LogP contribution < -0.4 is 15.5 Å². The van der Waals surface area contributed by atoms with Gasteiger partial charge >= 0.3 is 0 Å². The molecule has 126 valence electrons. The SMILES string of the molecule is CCNC(=O)CNC(=O)CN1CCN(c2ccccc2C)CC1. The van der Waals surface area contributed by atoms with E-state index in [1.54, 1.807) is 0 Å². The first kappa shape index (κ1) is 17.3. The maximum Gasteiger partial charge on any atom is 0.239 e. The topological polar surface area (TPSA) is 64.7 Å². The summed E-state index contributed by atoms with van der Waals surface area (Å²) in [5.74, 6) is -0.245. The lowest BCUT2D eigenvalue weighted by Crippen LogP contribution is -2.50. The van der Waals surface area contributed by atoms with Gasteiger partial charge in [-0.1, -0.05) is 18.2 Å². The molecule has 23 heavy (non-hydrogen) atoms. The number of hydrogen-bond acceptors (Lipinski definition) is 4. The molecule has 1 aromatic carbocycles. The molecule has 1 fully saturated rings. The molecule has 1 aliphatic heterocycles. The Bertz CT molecular complexity index is 539. The van der Waals surface area contributed by atoms with E-state index in [9.17, 15) is 9.59 Å². The van der Waals surface area contributed by atoms with E-state index in [0.717, 1.165) is 26.2 Å². The molecule has 6 nitrogen and oxygen atoms in total. The molecular formula is C17H26N4O2. The van der Waals surface area contributed by atoms with Gasteiger partial charge in [0.2, 0.25) is 11.8 Å². The highest BCUT2D eigenvalue weighted by atomic mass is 16.2. The summed E-state index contributed by atoms with van der Waals surface area (Å²) in [4.78, 5) is 27.7. The number of hydrogen-bond donors (Lipinski definition) is 2. The second kappa shape index (κ2) is 8.53. The highest BCUT2D eigenvalue weighted by Gasteiger charge is 2.20. The zero-order chi connectivity index (χ0) is 16.7. The summed E-state index contributed by atoms with van der Waals surface area (Å²) in [7, 11) is 0. The number of benzene rings is 1. The minimum Gasteiger partial charge on any atom is -0.369 e. The Labute approximate surface area is 137 Å². The van der Waals surface area contributed by atoms with Crippen LogP contribution in [-0.2, 0) is 9.59 Å². The molecule has 0 unspecified atom stereocenters. The highest BCUT2D eigenvalue weighted by molar-refractivity contribution is 5.85. The summed E-state index contributed by atoms with van der Waals surface area (Å²) in [6.07, 6.45) is 0. The summed E-state index contributed by atoms with van der Waals surface area (Å²) >= 11 is 0. The van der Waals surface area contributed by atoms with Crippen molar-refractivity contribution >= 4 is 17.5 Å². The van der Waals surface area contributed by atoms with Crippen molar-refractivity contribution in [2.45, 2.75) is 13.8 Å². The number of rotatable bonds is 6. The number of carbonyl (C=O) groups excluding carboxylic acids is 2. The van der Waals surface area contributed by atoms with E-state index in [1.165, 1.54) is 11.3 Å². The van der Waals surface area contributed by atoms with Gasteiger partial charge in [-0.15, -0.1) is 0 Å². The largest absolute Gasteiger partial charge is 0.369 e. The fraction of sp³-hybridized carbons (Fsp3) is 0.529. The van der Waals surface area contributed by atoms with Crippen LogP contribution in [0.2, 0.25) is 0 Å². The molecule has 0 aromatic heterocycles. The standard InChI is InChI=1S/C17H26N4O2/c1-3-18-16(22)12-19-17(23)13-20-8-10-21(11-9-20)15-7-5-4-6-14(15)2/h4-7H,3,8-13H2,1-2H3,(H,18,22)(H,19,23). The Morgan fingerprint density at radius 2 is 1.74 bits per heavy atom. The maximum absolute atomic E-state index is 11.9. The van der Waals surface area contributed by atoms with Gasteiger partial charge in [0.05, 0.1) is 13.1 Å².